The van der Waals surface area contributed by atoms with Crippen molar-refractivity contribution in [3.63, 3.8) is 0 Å². The molecule has 16 heavy (non-hydrogen) atoms. The van der Waals surface area contributed by atoms with Crippen molar-refractivity contribution in [2.24, 2.45) is 23.7 Å². The number of alkyl halides is 4. The van der Waals surface area contributed by atoms with Crippen LogP contribution in [-0.4, -0.2) is 19.3 Å². The molecule has 0 heterocycles. The Morgan fingerprint density at radius 3 is 2.31 bits per heavy atom. The summed E-state index contributed by atoms with van der Waals surface area (Å²) in [5.74, 6) is 3.43. The van der Waals surface area contributed by atoms with Crippen molar-refractivity contribution in [3.8, 4) is 0 Å². The summed E-state index contributed by atoms with van der Waals surface area (Å²) in [5.41, 5.74) is 0. The van der Waals surface area contributed by atoms with Gasteiger partial charge in [-0.3, -0.25) is 0 Å². The molecule has 0 aromatic rings. The third-order valence-electron chi connectivity index (χ3n) is 4.40. The van der Waals surface area contributed by atoms with Gasteiger partial charge in [0.25, 0.3) is 0 Å². The Kier molecular flexibility index (Phi) is 4.93. The third kappa shape index (κ3) is 2.46. The Bertz CT molecular complexity index is 255. The molecule has 2 rings (SSSR count). The molecule has 2 aliphatic rings. The Balaban J connectivity index is 2.14. The van der Waals surface area contributed by atoms with E-state index in [9.17, 15) is 0 Å². The maximum Gasteiger partial charge on any atom is 0.0304 e. The van der Waals surface area contributed by atoms with E-state index in [0.717, 1.165) is 23.7 Å². The molecular weight excluding hydrogens is 464 g/mol. The Morgan fingerprint density at radius 1 is 1.12 bits per heavy atom. The Labute approximate surface area is 132 Å². The summed E-state index contributed by atoms with van der Waals surface area (Å²) in [6, 6.07) is 0. The van der Waals surface area contributed by atoms with Crippen LogP contribution in [0.5, 0.6) is 0 Å². The van der Waals surface area contributed by atoms with Crippen LogP contribution in [0.4, 0.5) is 0 Å². The monoisotopic (exact) mass is 478 g/mol. The van der Waals surface area contributed by atoms with Gasteiger partial charge in [0.1, 0.15) is 0 Å². The predicted molar refractivity (Wildman–Crippen MR) is 85.4 cm³/mol. The largest absolute Gasteiger partial charge is 0.0881 e. The van der Waals surface area contributed by atoms with E-state index >= 15 is 0 Å². The van der Waals surface area contributed by atoms with Crippen molar-refractivity contribution < 1.29 is 0 Å². The van der Waals surface area contributed by atoms with Gasteiger partial charge in [-0.05, 0) is 36.5 Å². The molecule has 0 radical (unpaired) electrons. The topological polar surface area (TPSA) is 0 Å². The van der Waals surface area contributed by atoms with E-state index in [0.29, 0.717) is 19.3 Å². The Morgan fingerprint density at radius 2 is 1.75 bits per heavy atom. The molecule has 4 heteroatoms. The van der Waals surface area contributed by atoms with Crippen LogP contribution in [0, 0.1) is 23.7 Å². The van der Waals surface area contributed by atoms with E-state index < -0.39 is 0 Å². The van der Waals surface area contributed by atoms with Gasteiger partial charge in [0.15, 0.2) is 0 Å². The number of halogens is 4. The average molecular weight is 482 g/mol. The second kappa shape index (κ2) is 5.50. The molecule has 0 aromatic carbocycles. The zero-order valence-electron chi connectivity index (χ0n) is 9.54. The van der Waals surface area contributed by atoms with E-state index in [1.165, 1.54) is 12.8 Å². The van der Waals surface area contributed by atoms with Crippen LogP contribution in [0.15, 0.2) is 0 Å². The fourth-order valence-electron chi connectivity index (χ4n) is 3.69. The van der Waals surface area contributed by atoms with E-state index in [-0.39, 0.29) is 0 Å². The summed E-state index contributed by atoms with van der Waals surface area (Å²) >= 11 is 15.3. The summed E-state index contributed by atoms with van der Waals surface area (Å²) < 4.78 is 0. The van der Waals surface area contributed by atoms with Gasteiger partial charge in [-0.1, -0.05) is 77.6 Å². The molecule has 0 aromatic heterocycles. The molecule has 94 valence electrons. The van der Waals surface area contributed by atoms with Crippen LogP contribution < -0.4 is 0 Å². The maximum atomic E-state index is 3.90. The van der Waals surface area contributed by atoms with E-state index in [1.54, 1.807) is 0 Å². The minimum atomic E-state index is 0.562. The van der Waals surface area contributed by atoms with Gasteiger partial charge in [-0.25, -0.2) is 0 Å². The Hall–Kier alpha value is 1.92. The van der Waals surface area contributed by atoms with Crippen LogP contribution >= 0.6 is 63.7 Å². The molecule has 0 bridgehead atoms. The molecule has 0 spiro atoms. The lowest BCUT2D eigenvalue weighted by atomic mass is 9.88. The van der Waals surface area contributed by atoms with Gasteiger partial charge in [0.05, 0.1) is 0 Å². The lowest BCUT2D eigenvalue weighted by Gasteiger charge is -2.26. The quantitative estimate of drug-likeness (QED) is 0.466. The number of hydrogen-bond acceptors (Lipinski definition) is 0. The van der Waals surface area contributed by atoms with Crippen LogP contribution in [0.3, 0.4) is 0 Å². The highest BCUT2D eigenvalue weighted by molar-refractivity contribution is 9.12. The first-order valence-corrected chi connectivity index (χ1v) is 9.66. The number of hydrogen-bond donors (Lipinski definition) is 0. The van der Waals surface area contributed by atoms with Crippen LogP contribution in [0.25, 0.3) is 0 Å². The minimum Gasteiger partial charge on any atom is -0.0881 e. The smallest absolute Gasteiger partial charge is 0.0304 e. The lowest BCUT2D eigenvalue weighted by Crippen LogP contribution is -2.26. The first-order chi connectivity index (χ1) is 7.43. The molecule has 0 N–H and O–H groups in total. The third-order valence-corrected chi connectivity index (χ3v) is 10.1. The van der Waals surface area contributed by atoms with Gasteiger partial charge in [-0.2, -0.15) is 0 Å². The van der Waals surface area contributed by atoms with Gasteiger partial charge in [0, 0.05) is 19.3 Å². The van der Waals surface area contributed by atoms with Crippen LogP contribution in [0.1, 0.15) is 26.7 Å². The van der Waals surface area contributed by atoms with Crippen molar-refractivity contribution in [2.75, 3.05) is 0 Å². The van der Waals surface area contributed by atoms with Gasteiger partial charge < -0.3 is 0 Å². The normalized spacial score (nSPS) is 51.4. The van der Waals surface area contributed by atoms with Crippen molar-refractivity contribution in [3.05, 3.63) is 0 Å². The number of rotatable bonds is 2. The maximum absolute atomic E-state index is 3.90. The SMILES string of the molecule is CC(Br)C(Br)C1CC(C)C2C(Br)C(Br)CC12. The first kappa shape index (κ1) is 14.3. The van der Waals surface area contributed by atoms with E-state index in [1.807, 2.05) is 0 Å². The van der Waals surface area contributed by atoms with Gasteiger partial charge in [0.2, 0.25) is 0 Å². The summed E-state index contributed by atoms with van der Waals surface area (Å²) in [7, 11) is 0. The fourth-order valence-corrected chi connectivity index (χ4v) is 6.60. The molecule has 2 saturated carbocycles. The highest BCUT2D eigenvalue weighted by Crippen LogP contribution is 2.57. The van der Waals surface area contributed by atoms with E-state index in [2.05, 4.69) is 77.6 Å². The predicted octanol–water partition coefficient (Wildman–Crippen LogP) is 5.35. The van der Waals surface area contributed by atoms with Crippen LogP contribution in [0.2, 0.25) is 0 Å². The summed E-state index contributed by atoms with van der Waals surface area (Å²) in [6.45, 7) is 4.68. The van der Waals surface area contributed by atoms with E-state index in [4.69, 9.17) is 0 Å². The fraction of sp³-hybridized carbons (Fsp3) is 1.00. The zero-order chi connectivity index (χ0) is 12.0. The van der Waals surface area contributed by atoms with Gasteiger partial charge in [-0.15, -0.1) is 0 Å². The standard InChI is InChI=1S/C12H18Br4/c1-5-3-8(11(15)6(2)13)7-4-9(14)12(16)10(5)7/h5-12H,3-4H2,1-2H3. The average Bonchev–Trinajstić information content (AvgIpc) is 2.67. The highest BCUT2D eigenvalue weighted by Gasteiger charge is 2.53. The molecule has 0 nitrogen and oxygen atoms in total. The second-order valence-corrected chi connectivity index (χ2v) is 10.2. The molecule has 8 atom stereocenters. The number of fused-ring (bicyclic) bond motifs is 1. The summed E-state index contributed by atoms with van der Waals surface area (Å²) in [5, 5.41) is 0. The molecule has 8 unspecified atom stereocenters. The summed E-state index contributed by atoms with van der Waals surface area (Å²) in [6.07, 6.45) is 2.71. The molecule has 0 saturated heterocycles. The van der Waals surface area contributed by atoms with Gasteiger partial charge >= 0.3 is 0 Å². The minimum absolute atomic E-state index is 0.562. The summed E-state index contributed by atoms with van der Waals surface area (Å²) in [4.78, 5) is 2.51. The second-order valence-electron chi connectivity index (χ2n) is 5.44. The lowest BCUT2D eigenvalue weighted by molar-refractivity contribution is 0.339. The van der Waals surface area contributed by atoms with Crippen molar-refractivity contribution >= 4 is 63.7 Å². The molecule has 2 fully saturated rings. The van der Waals surface area contributed by atoms with Crippen LogP contribution in [-0.2, 0) is 0 Å². The zero-order valence-corrected chi connectivity index (χ0v) is 15.9. The first-order valence-electron chi connectivity index (χ1n) is 5.99. The molecule has 0 amide bonds. The van der Waals surface area contributed by atoms with Crippen molar-refractivity contribution in [1.82, 2.24) is 0 Å². The van der Waals surface area contributed by atoms with Crippen molar-refractivity contribution in [1.29, 1.82) is 0 Å². The molecule has 2 aliphatic carbocycles. The van der Waals surface area contributed by atoms with Crippen molar-refractivity contribution in [2.45, 2.75) is 46.0 Å². The molecular formula is C12H18Br4. The highest BCUT2D eigenvalue weighted by atomic mass is 79.9. The molecule has 0 aliphatic heterocycles.